The molecule has 0 aromatic heterocycles. The SMILES string of the molecule is [C-]#[N+]C1c2cc(S(=O)(=O)O)ccc2CCC1P(C1CCCCC1)C1CCCCC1. The van der Waals surface area contributed by atoms with Crippen LogP contribution in [0.15, 0.2) is 23.1 Å². The maximum atomic E-state index is 11.7. The second kappa shape index (κ2) is 9.04. The Morgan fingerprint density at radius 3 is 2.03 bits per heavy atom. The molecular weight excluding hydrogens is 401 g/mol. The van der Waals surface area contributed by atoms with E-state index >= 15 is 0 Å². The molecule has 0 spiro atoms. The Hall–Kier alpha value is -0.950. The van der Waals surface area contributed by atoms with Gasteiger partial charge < -0.3 is 4.85 Å². The average molecular weight is 434 g/mol. The standard InChI is InChI=1S/C23H32NO3PS/c1-24-23-21-16-20(29(25,26)27)14-12-17(21)13-15-22(23)28(18-8-4-2-5-9-18)19-10-6-3-7-11-19/h12,14,16,18-19,22-23H,2-11,13,15H2,(H,25,26,27). The molecule has 0 bridgehead atoms. The van der Waals surface area contributed by atoms with Gasteiger partial charge in [0.05, 0.1) is 10.6 Å². The molecule has 2 fully saturated rings. The molecule has 0 amide bonds. The first kappa shape index (κ1) is 21.3. The summed E-state index contributed by atoms with van der Waals surface area (Å²) in [5.74, 6) is 0. The van der Waals surface area contributed by atoms with E-state index in [2.05, 4.69) is 4.85 Å². The molecule has 158 valence electrons. The van der Waals surface area contributed by atoms with Crippen molar-refractivity contribution in [3.05, 3.63) is 40.7 Å². The van der Waals surface area contributed by atoms with Crippen LogP contribution in [0.5, 0.6) is 0 Å². The third-order valence-corrected chi connectivity index (χ3v) is 12.2. The smallest absolute Gasteiger partial charge is 0.294 e. The number of rotatable bonds is 4. The molecule has 0 heterocycles. The van der Waals surface area contributed by atoms with E-state index in [9.17, 15) is 13.0 Å². The van der Waals surface area contributed by atoms with E-state index in [0.29, 0.717) is 5.66 Å². The number of hydrogen-bond acceptors (Lipinski definition) is 2. The zero-order chi connectivity index (χ0) is 20.4. The summed E-state index contributed by atoms with van der Waals surface area (Å²) >= 11 is 0. The zero-order valence-corrected chi connectivity index (χ0v) is 18.8. The minimum absolute atomic E-state index is 0.0646. The van der Waals surface area contributed by atoms with E-state index in [-0.39, 0.29) is 18.9 Å². The summed E-state index contributed by atoms with van der Waals surface area (Å²) in [5.41, 5.74) is 3.89. The Labute approximate surface area is 176 Å². The van der Waals surface area contributed by atoms with Crippen LogP contribution in [0.1, 0.15) is 87.8 Å². The van der Waals surface area contributed by atoms with Gasteiger partial charge in [0.15, 0.2) is 0 Å². The largest absolute Gasteiger partial charge is 0.308 e. The van der Waals surface area contributed by atoms with Crippen molar-refractivity contribution in [3.8, 4) is 0 Å². The van der Waals surface area contributed by atoms with Gasteiger partial charge in [0, 0.05) is 5.56 Å². The monoisotopic (exact) mass is 433 g/mol. The van der Waals surface area contributed by atoms with Crippen LogP contribution in [0.2, 0.25) is 0 Å². The second-order valence-electron chi connectivity index (χ2n) is 9.05. The summed E-state index contributed by atoms with van der Waals surface area (Å²) in [6.45, 7) is 8.03. The second-order valence-corrected chi connectivity index (χ2v) is 13.5. The van der Waals surface area contributed by atoms with E-state index < -0.39 is 10.1 Å². The van der Waals surface area contributed by atoms with Gasteiger partial charge in [-0.05, 0) is 67.5 Å². The van der Waals surface area contributed by atoms with E-state index in [0.717, 1.165) is 35.3 Å². The van der Waals surface area contributed by atoms with Gasteiger partial charge in [-0.1, -0.05) is 52.5 Å². The van der Waals surface area contributed by atoms with Crippen LogP contribution in [-0.2, 0) is 16.5 Å². The molecule has 6 heteroatoms. The van der Waals surface area contributed by atoms with Gasteiger partial charge in [-0.25, -0.2) is 6.57 Å². The molecule has 2 atom stereocenters. The molecule has 0 saturated heterocycles. The third-order valence-electron chi connectivity index (χ3n) is 7.32. The molecule has 0 radical (unpaired) electrons. The predicted molar refractivity (Wildman–Crippen MR) is 118 cm³/mol. The van der Waals surface area contributed by atoms with Crippen LogP contribution in [0.3, 0.4) is 0 Å². The van der Waals surface area contributed by atoms with Crippen molar-refractivity contribution in [1.82, 2.24) is 0 Å². The van der Waals surface area contributed by atoms with Crippen LogP contribution in [-0.4, -0.2) is 29.9 Å². The van der Waals surface area contributed by atoms with Crippen molar-refractivity contribution in [1.29, 1.82) is 0 Å². The first-order valence-corrected chi connectivity index (χ1v) is 14.2. The van der Waals surface area contributed by atoms with Crippen LogP contribution < -0.4 is 0 Å². The van der Waals surface area contributed by atoms with Crippen molar-refractivity contribution in [2.45, 2.75) is 105 Å². The molecule has 29 heavy (non-hydrogen) atoms. The van der Waals surface area contributed by atoms with E-state index in [1.807, 2.05) is 6.07 Å². The number of nitrogens with zero attached hydrogens (tertiary/aromatic N) is 1. The summed E-state index contributed by atoms with van der Waals surface area (Å²) in [6.07, 6.45) is 15.3. The third kappa shape index (κ3) is 4.55. The van der Waals surface area contributed by atoms with E-state index in [4.69, 9.17) is 6.57 Å². The first-order chi connectivity index (χ1) is 14.0. The van der Waals surface area contributed by atoms with Crippen LogP contribution in [0, 0.1) is 6.57 Å². The van der Waals surface area contributed by atoms with Gasteiger partial charge in [0.2, 0.25) is 0 Å². The summed E-state index contributed by atoms with van der Waals surface area (Å²) in [7, 11) is -4.49. The van der Waals surface area contributed by atoms with Crippen LogP contribution in [0.25, 0.3) is 4.85 Å². The highest BCUT2D eigenvalue weighted by Gasteiger charge is 2.45. The molecule has 1 aromatic rings. The number of aryl methyl sites for hydroxylation is 1. The van der Waals surface area contributed by atoms with Gasteiger partial charge in [-0.3, -0.25) is 4.55 Å². The molecule has 3 aliphatic carbocycles. The molecule has 2 saturated carbocycles. The summed E-state index contributed by atoms with van der Waals surface area (Å²) < 4.78 is 32.9. The molecule has 4 rings (SSSR count). The van der Waals surface area contributed by atoms with Gasteiger partial charge in [-0.2, -0.15) is 8.42 Å². The molecular formula is C23H32NO3PS. The summed E-state index contributed by atoms with van der Waals surface area (Å²) in [5, 5.41) is 0. The first-order valence-electron chi connectivity index (χ1n) is 11.2. The summed E-state index contributed by atoms with van der Waals surface area (Å²) in [4.78, 5) is 4.03. The fourth-order valence-electron chi connectivity index (χ4n) is 5.97. The molecule has 0 aliphatic heterocycles. The fourth-order valence-corrected chi connectivity index (χ4v) is 11.1. The number of benzene rings is 1. The average Bonchev–Trinajstić information content (AvgIpc) is 2.74. The molecule has 3 aliphatic rings. The maximum Gasteiger partial charge on any atom is 0.294 e. The van der Waals surface area contributed by atoms with Gasteiger partial charge in [0.25, 0.3) is 16.2 Å². The molecule has 1 N–H and O–H groups in total. The van der Waals surface area contributed by atoms with Crippen molar-refractivity contribution in [3.63, 3.8) is 0 Å². The zero-order valence-electron chi connectivity index (χ0n) is 17.1. The Bertz CT molecular complexity index is 849. The minimum Gasteiger partial charge on any atom is -0.308 e. The fraction of sp³-hybridized carbons (Fsp3) is 0.696. The quantitative estimate of drug-likeness (QED) is 0.342. The predicted octanol–water partition coefficient (Wildman–Crippen LogP) is 6.36. The van der Waals surface area contributed by atoms with Crippen molar-refractivity contribution < 1.29 is 13.0 Å². The lowest BCUT2D eigenvalue weighted by Crippen LogP contribution is -2.32. The van der Waals surface area contributed by atoms with Crippen molar-refractivity contribution in [2.75, 3.05) is 0 Å². The molecule has 4 nitrogen and oxygen atoms in total. The molecule has 1 aromatic carbocycles. The van der Waals surface area contributed by atoms with Gasteiger partial charge in [-0.15, -0.1) is 0 Å². The van der Waals surface area contributed by atoms with Gasteiger partial charge in [0.1, 0.15) is 0 Å². The number of fused-ring (bicyclic) bond motifs is 1. The Balaban J connectivity index is 1.70. The van der Waals surface area contributed by atoms with Crippen molar-refractivity contribution >= 4 is 18.0 Å². The lowest BCUT2D eigenvalue weighted by molar-refractivity contribution is 0.473. The van der Waals surface area contributed by atoms with E-state index in [1.165, 1.54) is 70.3 Å². The van der Waals surface area contributed by atoms with Crippen LogP contribution in [0.4, 0.5) is 0 Å². The highest BCUT2D eigenvalue weighted by atomic mass is 32.2. The Morgan fingerprint density at radius 1 is 0.931 bits per heavy atom. The van der Waals surface area contributed by atoms with Crippen LogP contribution >= 0.6 is 7.92 Å². The van der Waals surface area contributed by atoms with Gasteiger partial charge >= 0.3 is 0 Å². The normalized spacial score (nSPS) is 26.8. The van der Waals surface area contributed by atoms with Crippen molar-refractivity contribution in [2.24, 2.45) is 0 Å². The van der Waals surface area contributed by atoms with E-state index in [1.54, 1.807) is 6.07 Å². The topological polar surface area (TPSA) is 58.7 Å². The molecule has 2 unspecified atom stereocenters. The summed E-state index contributed by atoms with van der Waals surface area (Å²) in [6, 6.07) is 4.64. The lowest BCUT2D eigenvalue weighted by Gasteiger charge is -2.44. The Morgan fingerprint density at radius 2 is 1.52 bits per heavy atom. The highest BCUT2D eigenvalue weighted by molar-refractivity contribution is 7.85. The number of hydrogen-bond donors (Lipinski definition) is 1. The Kier molecular flexibility index (Phi) is 6.64. The highest BCUT2D eigenvalue weighted by Crippen LogP contribution is 2.64. The lowest BCUT2D eigenvalue weighted by atomic mass is 9.87. The minimum atomic E-state index is -4.24. The maximum absolute atomic E-state index is 11.7.